The summed E-state index contributed by atoms with van der Waals surface area (Å²) in [5.41, 5.74) is 0.468. The maximum Gasteiger partial charge on any atom is 0.256 e. The van der Waals surface area contributed by atoms with Crippen LogP contribution in [0.25, 0.3) is 0 Å². The van der Waals surface area contributed by atoms with Crippen LogP contribution in [-0.4, -0.2) is 48.4 Å². The number of carbonyl (C=O) groups excluding carboxylic acids is 1. The van der Waals surface area contributed by atoms with Gasteiger partial charge in [0.05, 0.1) is 18.3 Å². The van der Waals surface area contributed by atoms with Crippen LogP contribution in [0, 0.1) is 23.3 Å². The van der Waals surface area contributed by atoms with E-state index in [1.807, 2.05) is 0 Å². The fraction of sp³-hybridized carbons (Fsp3) is 0.269. The molecule has 0 unspecified atom stereocenters. The first kappa shape index (κ1) is 25.2. The fourth-order valence-electron chi connectivity index (χ4n) is 3.99. The summed E-state index contributed by atoms with van der Waals surface area (Å²) in [4.78, 5) is 16.2. The number of benzene rings is 3. The van der Waals surface area contributed by atoms with Gasteiger partial charge < -0.3 is 9.64 Å². The van der Waals surface area contributed by atoms with E-state index in [0.29, 0.717) is 43.8 Å². The monoisotopic (exact) mass is 506 g/mol. The third kappa shape index (κ3) is 6.20. The molecule has 1 heterocycles. The zero-order chi connectivity index (χ0) is 24.9. The SMILES string of the molecule is O=C(c1ccc(F)cc1F)N1CCN(C[C@H](OCc2c(F)cccc2F)c2ccc(Cl)cc2)CC1. The minimum absolute atomic E-state index is 0.150. The number of halogens is 5. The van der Waals surface area contributed by atoms with Gasteiger partial charge in [0, 0.05) is 49.4 Å². The third-order valence-electron chi connectivity index (χ3n) is 5.98. The molecule has 4 nitrogen and oxygen atoms in total. The molecule has 3 aromatic rings. The van der Waals surface area contributed by atoms with Crippen LogP contribution < -0.4 is 0 Å². The lowest BCUT2D eigenvalue weighted by molar-refractivity contribution is 0.00141. The van der Waals surface area contributed by atoms with Gasteiger partial charge in [-0.3, -0.25) is 9.69 Å². The van der Waals surface area contributed by atoms with Gasteiger partial charge in [0.1, 0.15) is 23.3 Å². The standard InChI is InChI=1S/C26H23ClF4N2O2/c27-18-6-4-17(5-7-18)25(35-16-21-22(29)2-1-3-23(21)30)15-32-10-12-33(13-11-32)26(34)20-9-8-19(28)14-24(20)31/h1-9,14,25H,10-13,15-16H2/t25-/m0/s1. The predicted molar refractivity (Wildman–Crippen MR) is 124 cm³/mol. The average Bonchev–Trinajstić information content (AvgIpc) is 2.83. The molecule has 35 heavy (non-hydrogen) atoms. The fourth-order valence-corrected chi connectivity index (χ4v) is 4.11. The van der Waals surface area contributed by atoms with Crippen LogP contribution >= 0.6 is 11.6 Å². The van der Waals surface area contributed by atoms with Gasteiger partial charge in [-0.25, -0.2) is 17.6 Å². The van der Waals surface area contributed by atoms with E-state index in [9.17, 15) is 22.4 Å². The highest BCUT2D eigenvalue weighted by molar-refractivity contribution is 6.30. The van der Waals surface area contributed by atoms with E-state index in [1.54, 1.807) is 24.3 Å². The lowest BCUT2D eigenvalue weighted by atomic mass is 10.1. The molecule has 0 aromatic heterocycles. The van der Waals surface area contributed by atoms with Gasteiger partial charge >= 0.3 is 0 Å². The van der Waals surface area contributed by atoms with Crippen molar-refractivity contribution in [2.45, 2.75) is 12.7 Å². The highest BCUT2D eigenvalue weighted by Crippen LogP contribution is 2.25. The van der Waals surface area contributed by atoms with Crippen molar-refractivity contribution in [1.82, 2.24) is 9.80 Å². The molecular formula is C26H23ClF4N2O2. The summed E-state index contributed by atoms with van der Waals surface area (Å²) in [6.45, 7) is 1.79. The number of amides is 1. The molecule has 184 valence electrons. The lowest BCUT2D eigenvalue weighted by Gasteiger charge is -2.36. The number of hydrogen-bond acceptors (Lipinski definition) is 3. The van der Waals surface area contributed by atoms with Gasteiger partial charge in [-0.2, -0.15) is 0 Å². The van der Waals surface area contributed by atoms with Gasteiger partial charge in [-0.1, -0.05) is 29.8 Å². The summed E-state index contributed by atoms with van der Waals surface area (Å²) in [5, 5.41) is 0.549. The minimum atomic E-state index is -0.894. The summed E-state index contributed by atoms with van der Waals surface area (Å²) in [7, 11) is 0. The molecule has 1 aliphatic rings. The van der Waals surface area contributed by atoms with Crippen molar-refractivity contribution in [3.05, 3.63) is 106 Å². The van der Waals surface area contributed by atoms with Crippen LogP contribution in [-0.2, 0) is 11.3 Å². The van der Waals surface area contributed by atoms with Gasteiger partial charge in [-0.05, 0) is 42.0 Å². The Morgan fingerprint density at radius 1 is 0.886 bits per heavy atom. The number of hydrogen-bond donors (Lipinski definition) is 0. The third-order valence-corrected chi connectivity index (χ3v) is 6.23. The zero-order valence-corrected chi connectivity index (χ0v) is 19.5. The number of ether oxygens (including phenoxy) is 1. The Morgan fingerprint density at radius 2 is 1.54 bits per heavy atom. The Labute approximate surface area is 205 Å². The van der Waals surface area contributed by atoms with Crippen molar-refractivity contribution < 1.29 is 27.1 Å². The normalized spacial score (nSPS) is 15.3. The van der Waals surface area contributed by atoms with Crippen LogP contribution in [0.2, 0.25) is 5.02 Å². The maximum absolute atomic E-state index is 14.1. The van der Waals surface area contributed by atoms with E-state index in [1.165, 1.54) is 23.1 Å². The van der Waals surface area contributed by atoms with Gasteiger partial charge in [0.25, 0.3) is 5.91 Å². The quantitative estimate of drug-likeness (QED) is 0.390. The Hall–Kier alpha value is -2.94. The van der Waals surface area contributed by atoms with E-state index >= 15 is 0 Å². The zero-order valence-electron chi connectivity index (χ0n) is 18.7. The van der Waals surface area contributed by atoms with Gasteiger partial charge in [0.2, 0.25) is 0 Å². The number of nitrogens with zero attached hydrogens (tertiary/aromatic N) is 2. The molecule has 0 saturated carbocycles. The van der Waals surface area contributed by atoms with Crippen molar-refractivity contribution in [3.63, 3.8) is 0 Å². The van der Waals surface area contributed by atoms with E-state index in [-0.39, 0.29) is 17.7 Å². The number of rotatable bonds is 7. The van der Waals surface area contributed by atoms with Crippen LogP contribution in [0.15, 0.2) is 60.7 Å². The summed E-state index contributed by atoms with van der Waals surface area (Å²) >= 11 is 6.00. The topological polar surface area (TPSA) is 32.8 Å². The minimum Gasteiger partial charge on any atom is -0.367 e. The van der Waals surface area contributed by atoms with Crippen molar-refractivity contribution in [1.29, 1.82) is 0 Å². The van der Waals surface area contributed by atoms with Gasteiger partial charge in [0.15, 0.2) is 0 Å². The second-order valence-corrected chi connectivity index (χ2v) is 8.70. The van der Waals surface area contributed by atoms with E-state index in [4.69, 9.17) is 16.3 Å². The van der Waals surface area contributed by atoms with Crippen molar-refractivity contribution in [3.8, 4) is 0 Å². The first-order chi connectivity index (χ1) is 16.8. The maximum atomic E-state index is 14.1. The Kier molecular flexibility index (Phi) is 8.05. The first-order valence-electron chi connectivity index (χ1n) is 11.1. The second-order valence-electron chi connectivity index (χ2n) is 8.27. The van der Waals surface area contributed by atoms with Crippen LogP contribution in [0.3, 0.4) is 0 Å². The molecule has 0 bridgehead atoms. The predicted octanol–water partition coefficient (Wildman–Crippen LogP) is 5.61. The Morgan fingerprint density at radius 3 is 2.17 bits per heavy atom. The summed E-state index contributed by atoms with van der Waals surface area (Å²) in [6, 6.07) is 13.6. The highest BCUT2D eigenvalue weighted by atomic mass is 35.5. The van der Waals surface area contributed by atoms with Crippen molar-refractivity contribution in [2.75, 3.05) is 32.7 Å². The number of carbonyl (C=O) groups is 1. The molecule has 1 fully saturated rings. The molecule has 9 heteroatoms. The second kappa shape index (κ2) is 11.2. The molecule has 1 saturated heterocycles. The largest absolute Gasteiger partial charge is 0.367 e. The highest BCUT2D eigenvalue weighted by Gasteiger charge is 2.26. The molecule has 0 spiro atoms. The molecule has 1 amide bonds. The van der Waals surface area contributed by atoms with Crippen LogP contribution in [0.5, 0.6) is 0 Å². The Balaban J connectivity index is 1.42. The van der Waals surface area contributed by atoms with E-state index < -0.39 is 35.3 Å². The number of piperazine rings is 1. The molecule has 4 rings (SSSR count). The van der Waals surface area contributed by atoms with E-state index in [2.05, 4.69) is 4.90 Å². The van der Waals surface area contributed by atoms with Crippen LogP contribution in [0.1, 0.15) is 27.6 Å². The molecule has 1 aliphatic heterocycles. The molecule has 0 aliphatic carbocycles. The molecule has 0 radical (unpaired) electrons. The Bertz CT molecular complexity index is 1160. The lowest BCUT2D eigenvalue weighted by Crippen LogP contribution is -2.49. The van der Waals surface area contributed by atoms with Crippen molar-refractivity contribution in [2.24, 2.45) is 0 Å². The molecule has 0 N–H and O–H groups in total. The summed E-state index contributed by atoms with van der Waals surface area (Å²) in [6.07, 6.45) is -0.511. The van der Waals surface area contributed by atoms with Crippen LogP contribution in [0.4, 0.5) is 17.6 Å². The molecular weight excluding hydrogens is 484 g/mol. The van der Waals surface area contributed by atoms with Gasteiger partial charge in [-0.15, -0.1) is 0 Å². The summed E-state index contributed by atoms with van der Waals surface area (Å²) in [5.74, 6) is -3.50. The van der Waals surface area contributed by atoms with E-state index in [0.717, 1.165) is 17.7 Å². The molecule has 3 aromatic carbocycles. The summed E-state index contributed by atoms with van der Waals surface area (Å²) < 4.78 is 61.3. The average molecular weight is 507 g/mol. The first-order valence-corrected chi connectivity index (χ1v) is 11.5. The smallest absolute Gasteiger partial charge is 0.256 e. The molecule has 1 atom stereocenters. The van der Waals surface area contributed by atoms with Crippen molar-refractivity contribution >= 4 is 17.5 Å².